The van der Waals surface area contributed by atoms with Gasteiger partial charge in [0, 0.05) is 5.57 Å². The molecule has 0 N–H and O–H groups in total. The van der Waals surface area contributed by atoms with Crippen LogP contribution in [0.4, 0.5) is 0 Å². The molecule has 1 atom stereocenters. The van der Waals surface area contributed by atoms with E-state index < -0.39 is 5.41 Å². The summed E-state index contributed by atoms with van der Waals surface area (Å²) in [6.07, 6.45) is 5.79. The number of hydrogen-bond acceptors (Lipinski definition) is 6. The molecule has 2 aliphatic carbocycles. The molecule has 0 spiro atoms. The van der Waals surface area contributed by atoms with Gasteiger partial charge in [-0.05, 0) is 13.3 Å². The molecule has 21 heavy (non-hydrogen) atoms. The van der Waals surface area contributed by atoms with Gasteiger partial charge in [-0.3, -0.25) is 9.59 Å². The highest BCUT2D eigenvalue weighted by Crippen LogP contribution is 2.54. The maximum atomic E-state index is 12.8. The number of carbonyl (C=O) groups excluding carboxylic acids is 2. The number of Topliss-reactive ketones (excluding diaryl/α,β-unsaturated/α-hetero) is 2. The Bertz CT molecular complexity index is 803. The molecule has 0 fully saturated rings. The second kappa shape index (κ2) is 4.77. The Kier molecular flexibility index (Phi) is 3.16. The Morgan fingerprint density at radius 3 is 2.38 bits per heavy atom. The molecule has 0 bridgehead atoms. The fourth-order valence-electron chi connectivity index (χ4n) is 2.51. The number of nitrogens with zero attached hydrogens (tertiary/aromatic N) is 2. The van der Waals surface area contributed by atoms with E-state index in [4.69, 9.17) is 10.5 Å². The summed E-state index contributed by atoms with van der Waals surface area (Å²) in [5.41, 5.74) is -0.386. The van der Waals surface area contributed by atoms with Gasteiger partial charge in [-0.1, -0.05) is 41.8 Å². The Morgan fingerprint density at radius 2 is 1.76 bits per heavy atom. The molecule has 0 saturated heterocycles. The quantitative estimate of drug-likeness (QED) is 0.684. The molecule has 0 radical (unpaired) electrons. The van der Waals surface area contributed by atoms with E-state index in [2.05, 4.69) is 0 Å². The fourth-order valence-corrected chi connectivity index (χ4v) is 4.68. The number of hydrogen-bond donors (Lipinski definition) is 0. The van der Waals surface area contributed by atoms with Crippen LogP contribution in [-0.2, 0) is 9.59 Å². The monoisotopic (exact) mass is 312 g/mol. The third kappa shape index (κ3) is 1.84. The SMILES string of the molecule is CC12CC=CC=C1C(=O)C1=C(SC(C#N)=C(C#N)S1)C2=O. The van der Waals surface area contributed by atoms with Crippen molar-refractivity contribution in [1.82, 2.24) is 0 Å². The Hall–Kier alpha value is -2.02. The molecule has 4 nitrogen and oxygen atoms in total. The van der Waals surface area contributed by atoms with Gasteiger partial charge in [0.1, 0.15) is 21.9 Å². The van der Waals surface area contributed by atoms with Gasteiger partial charge in [-0.25, -0.2) is 0 Å². The number of carbonyl (C=O) groups is 2. The van der Waals surface area contributed by atoms with Crippen molar-refractivity contribution in [3.8, 4) is 12.1 Å². The molecule has 0 saturated carbocycles. The van der Waals surface area contributed by atoms with E-state index >= 15 is 0 Å². The van der Waals surface area contributed by atoms with E-state index in [1.54, 1.807) is 19.1 Å². The van der Waals surface area contributed by atoms with Crippen molar-refractivity contribution >= 4 is 35.1 Å². The number of rotatable bonds is 0. The van der Waals surface area contributed by atoms with Gasteiger partial charge in [-0.2, -0.15) is 10.5 Å². The van der Waals surface area contributed by atoms with Crippen LogP contribution in [0.3, 0.4) is 0 Å². The van der Waals surface area contributed by atoms with Crippen LogP contribution >= 0.6 is 23.5 Å². The zero-order valence-electron chi connectivity index (χ0n) is 11.0. The van der Waals surface area contributed by atoms with Gasteiger partial charge in [0.2, 0.25) is 0 Å². The van der Waals surface area contributed by atoms with Crippen LogP contribution in [0.5, 0.6) is 0 Å². The third-order valence-electron chi connectivity index (χ3n) is 3.70. The van der Waals surface area contributed by atoms with Crippen LogP contribution in [0.1, 0.15) is 13.3 Å². The molecule has 0 aromatic rings. The van der Waals surface area contributed by atoms with Crippen LogP contribution in [0.15, 0.2) is 43.4 Å². The highest BCUT2D eigenvalue weighted by Gasteiger charge is 2.49. The van der Waals surface area contributed by atoms with Gasteiger partial charge in [0.05, 0.1) is 15.2 Å². The maximum absolute atomic E-state index is 12.8. The van der Waals surface area contributed by atoms with E-state index in [1.165, 1.54) is 0 Å². The standard InChI is InChI=1S/C15H8N2O2S2/c1-15-5-3-2-4-8(15)11(18)12-13(14(15)19)21-10(7-17)9(6-16)20-12/h2-4H,5H2,1H3. The zero-order valence-corrected chi connectivity index (χ0v) is 12.6. The van der Waals surface area contributed by atoms with Crippen LogP contribution in [0, 0.1) is 28.1 Å². The summed E-state index contributed by atoms with van der Waals surface area (Å²) in [5, 5.41) is 18.2. The smallest absolute Gasteiger partial charge is 0.198 e. The molecule has 1 heterocycles. The summed E-state index contributed by atoms with van der Waals surface area (Å²) in [7, 11) is 0. The second-order valence-corrected chi connectivity index (χ2v) is 6.99. The molecule has 0 aromatic carbocycles. The number of nitriles is 2. The van der Waals surface area contributed by atoms with Crippen LogP contribution < -0.4 is 0 Å². The Balaban J connectivity index is 2.16. The normalized spacial score (nSPS) is 27.7. The molecule has 6 heteroatoms. The highest BCUT2D eigenvalue weighted by molar-refractivity contribution is 8.15. The number of thioether (sulfide) groups is 2. The van der Waals surface area contributed by atoms with E-state index in [-0.39, 0.29) is 26.3 Å². The summed E-state index contributed by atoms with van der Waals surface area (Å²) in [6, 6.07) is 3.85. The largest absolute Gasteiger partial charge is 0.293 e. The maximum Gasteiger partial charge on any atom is 0.198 e. The molecular formula is C15H8N2O2S2. The minimum atomic E-state index is -0.858. The lowest BCUT2D eigenvalue weighted by molar-refractivity contribution is -0.125. The number of allylic oxidation sites excluding steroid dienone is 8. The van der Waals surface area contributed by atoms with Gasteiger partial charge in [0.25, 0.3) is 0 Å². The molecule has 3 aliphatic rings. The summed E-state index contributed by atoms with van der Waals surface area (Å²) < 4.78 is 0. The van der Waals surface area contributed by atoms with Crippen LogP contribution in [0.2, 0.25) is 0 Å². The lowest BCUT2D eigenvalue weighted by atomic mass is 9.69. The predicted octanol–water partition coefficient (Wildman–Crippen LogP) is 2.98. The van der Waals surface area contributed by atoms with Gasteiger partial charge in [-0.15, -0.1) is 0 Å². The summed E-state index contributed by atoms with van der Waals surface area (Å²) in [4.78, 5) is 26.4. The van der Waals surface area contributed by atoms with Crippen LogP contribution in [0.25, 0.3) is 0 Å². The lowest BCUT2D eigenvalue weighted by Gasteiger charge is -2.37. The summed E-state index contributed by atoms with van der Waals surface area (Å²) in [6.45, 7) is 1.76. The number of ketones is 2. The van der Waals surface area contributed by atoms with Crippen molar-refractivity contribution < 1.29 is 9.59 Å². The van der Waals surface area contributed by atoms with Crippen molar-refractivity contribution in [2.45, 2.75) is 13.3 Å². The first kappa shape index (κ1) is 13.9. The average molecular weight is 312 g/mol. The van der Waals surface area contributed by atoms with Gasteiger partial charge >= 0.3 is 0 Å². The molecule has 3 rings (SSSR count). The first-order valence-electron chi connectivity index (χ1n) is 6.14. The lowest BCUT2D eigenvalue weighted by Crippen LogP contribution is -2.40. The predicted molar refractivity (Wildman–Crippen MR) is 80.4 cm³/mol. The molecule has 0 amide bonds. The van der Waals surface area contributed by atoms with E-state index in [0.29, 0.717) is 16.9 Å². The topological polar surface area (TPSA) is 81.7 Å². The summed E-state index contributed by atoms with van der Waals surface area (Å²) in [5.74, 6) is -0.353. The average Bonchev–Trinajstić information content (AvgIpc) is 2.51. The highest BCUT2D eigenvalue weighted by atomic mass is 32.2. The van der Waals surface area contributed by atoms with Crippen molar-refractivity contribution in [1.29, 1.82) is 10.5 Å². The molecule has 0 aromatic heterocycles. The van der Waals surface area contributed by atoms with Crippen molar-refractivity contribution in [3.05, 3.63) is 43.4 Å². The number of fused-ring (bicyclic) bond motifs is 1. The van der Waals surface area contributed by atoms with Crippen molar-refractivity contribution in [2.24, 2.45) is 5.41 Å². The Morgan fingerprint density at radius 1 is 1.14 bits per heavy atom. The van der Waals surface area contributed by atoms with E-state index in [1.807, 2.05) is 18.2 Å². The first-order valence-corrected chi connectivity index (χ1v) is 7.77. The summed E-state index contributed by atoms with van der Waals surface area (Å²) >= 11 is 1.88. The van der Waals surface area contributed by atoms with Crippen LogP contribution in [-0.4, -0.2) is 11.6 Å². The van der Waals surface area contributed by atoms with Gasteiger partial charge < -0.3 is 0 Å². The minimum Gasteiger partial charge on any atom is -0.293 e. The Labute approximate surface area is 129 Å². The first-order chi connectivity index (χ1) is 10.0. The minimum absolute atomic E-state index is 0.144. The molecular weight excluding hydrogens is 304 g/mol. The van der Waals surface area contributed by atoms with E-state index in [9.17, 15) is 9.59 Å². The molecule has 1 unspecified atom stereocenters. The van der Waals surface area contributed by atoms with Gasteiger partial charge in [0.15, 0.2) is 11.6 Å². The van der Waals surface area contributed by atoms with E-state index in [0.717, 1.165) is 23.5 Å². The van der Waals surface area contributed by atoms with Crippen molar-refractivity contribution in [3.63, 3.8) is 0 Å². The fraction of sp³-hybridized carbons (Fsp3) is 0.200. The van der Waals surface area contributed by atoms with Crippen molar-refractivity contribution in [2.75, 3.05) is 0 Å². The molecule has 1 aliphatic heterocycles. The third-order valence-corrected chi connectivity index (χ3v) is 6.15. The second-order valence-electron chi connectivity index (χ2n) is 4.95. The molecule has 102 valence electrons. The zero-order chi connectivity index (χ0) is 15.2.